The molecule has 4 rings (SSSR count). The average molecular weight is 348 g/mol. The third-order valence-corrected chi connectivity index (χ3v) is 6.33. The highest BCUT2D eigenvalue weighted by Crippen LogP contribution is 2.46. The molecule has 2 saturated carbocycles. The van der Waals surface area contributed by atoms with Crippen LogP contribution in [-0.4, -0.2) is 19.7 Å². The summed E-state index contributed by atoms with van der Waals surface area (Å²) in [6.07, 6.45) is 5.26. The van der Waals surface area contributed by atoms with E-state index < -0.39 is 10.0 Å². The lowest BCUT2D eigenvalue weighted by Crippen LogP contribution is -2.23. The van der Waals surface area contributed by atoms with E-state index in [1.165, 1.54) is 25.3 Å². The maximum atomic E-state index is 12.3. The summed E-state index contributed by atoms with van der Waals surface area (Å²) >= 11 is 0. The molecule has 0 aliphatic heterocycles. The zero-order chi connectivity index (χ0) is 16.7. The standard InChI is InChI=1S/C17H20N2O4S/c1-11-8-17(18-23-11)19-24(20,21)15-6-4-14(5-7-15)22-16-10-12-2-3-13(16)9-12/h4-8,12-13,16H,2-3,9-10H2,1H3,(H,18,19)/t12-,13?,16-/m1/s1. The summed E-state index contributed by atoms with van der Waals surface area (Å²) in [4.78, 5) is 0.170. The molecule has 1 aromatic heterocycles. The molecular weight excluding hydrogens is 328 g/mol. The minimum Gasteiger partial charge on any atom is -0.490 e. The van der Waals surface area contributed by atoms with Gasteiger partial charge in [-0.15, -0.1) is 0 Å². The second kappa shape index (κ2) is 5.81. The number of anilines is 1. The minimum absolute atomic E-state index is 0.170. The summed E-state index contributed by atoms with van der Waals surface area (Å²) in [6.45, 7) is 1.70. The first-order valence-corrected chi connectivity index (χ1v) is 9.71. The molecule has 1 unspecified atom stereocenters. The van der Waals surface area contributed by atoms with Gasteiger partial charge in [0.05, 0.1) is 4.90 Å². The Hall–Kier alpha value is -2.02. The van der Waals surface area contributed by atoms with E-state index in [1.807, 2.05) is 0 Å². The van der Waals surface area contributed by atoms with Gasteiger partial charge in [-0.3, -0.25) is 4.72 Å². The molecule has 0 radical (unpaired) electrons. The fraction of sp³-hybridized carbons (Fsp3) is 0.471. The Balaban J connectivity index is 1.45. The maximum absolute atomic E-state index is 12.3. The smallest absolute Gasteiger partial charge is 0.263 e. The van der Waals surface area contributed by atoms with Gasteiger partial charge in [-0.1, -0.05) is 5.16 Å². The van der Waals surface area contributed by atoms with Crippen molar-refractivity contribution in [3.63, 3.8) is 0 Å². The van der Waals surface area contributed by atoms with Gasteiger partial charge in [0, 0.05) is 6.07 Å². The van der Waals surface area contributed by atoms with Crippen molar-refractivity contribution in [2.75, 3.05) is 4.72 Å². The van der Waals surface area contributed by atoms with Crippen molar-refractivity contribution in [3.05, 3.63) is 36.1 Å². The number of nitrogens with one attached hydrogen (secondary N) is 1. The van der Waals surface area contributed by atoms with Crippen molar-refractivity contribution in [1.82, 2.24) is 5.16 Å². The molecular formula is C17H20N2O4S. The van der Waals surface area contributed by atoms with Gasteiger partial charge in [0.15, 0.2) is 5.82 Å². The summed E-state index contributed by atoms with van der Waals surface area (Å²) in [5, 5.41) is 3.64. The molecule has 1 aromatic carbocycles. The number of nitrogens with zero attached hydrogens (tertiary/aromatic N) is 1. The summed E-state index contributed by atoms with van der Waals surface area (Å²) in [5.41, 5.74) is 0. The quantitative estimate of drug-likeness (QED) is 0.896. The Morgan fingerprint density at radius 1 is 1.21 bits per heavy atom. The van der Waals surface area contributed by atoms with Crippen molar-refractivity contribution in [1.29, 1.82) is 0 Å². The zero-order valence-corrected chi connectivity index (χ0v) is 14.3. The number of hydrogen-bond acceptors (Lipinski definition) is 5. The number of benzene rings is 1. The van der Waals surface area contributed by atoms with Gasteiger partial charge < -0.3 is 9.26 Å². The van der Waals surface area contributed by atoms with Crippen LogP contribution in [0.25, 0.3) is 0 Å². The Kier molecular flexibility index (Phi) is 3.75. The minimum atomic E-state index is -3.68. The van der Waals surface area contributed by atoms with Gasteiger partial charge in [0.25, 0.3) is 10.0 Å². The molecule has 2 aromatic rings. The van der Waals surface area contributed by atoms with E-state index in [-0.39, 0.29) is 16.8 Å². The Morgan fingerprint density at radius 2 is 2.00 bits per heavy atom. The second-order valence-corrected chi connectivity index (χ2v) is 8.41. The van der Waals surface area contributed by atoms with Crippen molar-refractivity contribution in [2.45, 2.75) is 43.6 Å². The third kappa shape index (κ3) is 3.00. The van der Waals surface area contributed by atoms with E-state index in [9.17, 15) is 8.42 Å². The first-order valence-electron chi connectivity index (χ1n) is 8.22. The molecule has 128 valence electrons. The first-order chi connectivity index (χ1) is 11.5. The van der Waals surface area contributed by atoms with E-state index in [4.69, 9.17) is 9.26 Å². The van der Waals surface area contributed by atoms with Crippen molar-refractivity contribution in [3.8, 4) is 5.75 Å². The van der Waals surface area contributed by atoms with E-state index in [0.717, 1.165) is 18.1 Å². The lowest BCUT2D eigenvalue weighted by molar-refractivity contribution is 0.138. The molecule has 3 atom stereocenters. The Bertz CT molecular complexity index is 829. The molecule has 1 heterocycles. The number of ether oxygens (including phenoxy) is 1. The predicted octanol–water partition coefficient (Wildman–Crippen LogP) is 3.35. The summed E-state index contributed by atoms with van der Waals surface area (Å²) in [7, 11) is -3.68. The van der Waals surface area contributed by atoms with E-state index in [0.29, 0.717) is 11.7 Å². The maximum Gasteiger partial charge on any atom is 0.263 e. The lowest BCUT2D eigenvalue weighted by atomic mass is 9.98. The van der Waals surface area contributed by atoms with Crippen LogP contribution < -0.4 is 9.46 Å². The number of aromatic nitrogens is 1. The molecule has 0 spiro atoms. The van der Waals surface area contributed by atoms with E-state index in [1.54, 1.807) is 31.2 Å². The zero-order valence-electron chi connectivity index (χ0n) is 13.4. The van der Waals surface area contributed by atoms with Crippen LogP contribution in [0.2, 0.25) is 0 Å². The largest absolute Gasteiger partial charge is 0.490 e. The van der Waals surface area contributed by atoms with Gasteiger partial charge in [-0.25, -0.2) is 8.42 Å². The highest BCUT2D eigenvalue weighted by atomic mass is 32.2. The predicted molar refractivity (Wildman–Crippen MR) is 88.4 cm³/mol. The Labute approximate surface area is 141 Å². The number of aryl methyl sites for hydroxylation is 1. The molecule has 2 fully saturated rings. The molecule has 2 bridgehead atoms. The van der Waals surface area contributed by atoms with E-state index >= 15 is 0 Å². The van der Waals surface area contributed by atoms with Crippen LogP contribution in [0, 0.1) is 18.8 Å². The Morgan fingerprint density at radius 3 is 2.58 bits per heavy atom. The number of sulfonamides is 1. The highest BCUT2D eigenvalue weighted by molar-refractivity contribution is 7.92. The third-order valence-electron chi connectivity index (χ3n) is 4.96. The summed E-state index contributed by atoms with van der Waals surface area (Å²) < 4.78 is 38.0. The number of fused-ring (bicyclic) bond motifs is 2. The monoisotopic (exact) mass is 348 g/mol. The molecule has 1 N–H and O–H groups in total. The van der Waals surface area contributed by atoms with Crippen LogP contribution in [0.3, 0.4) is 0 Å². The van der Waals surface area contributed by atoms with Crippen LogP contribution >= 0.6 is 0 Å². The molecule has 0 saturated heterocycles. The van der Waals surface area contributed by atoms with Crippen molar-refractivity contribution < 1.29 is 17.7 Å². The van der Waals surface area contributed by atoms with Gasteiger partial charge in [0.1, 0.15) is 17.6 Å². The highest BCUT2D eigenvalue weighted by Gasteiger charge is 2.40. The van der Waals surface area contributed by atoms with Gasteiger partial charge in [-0.2, -0.15) is 0 Å². The molecule has 2 aliphatic rings. The fourth-order valence-corrected chi connectivity index (χ4v) is 4.80. The van der Waals surface area contributed by atoms with Gasteiger partial charge in [0.2, 0.25) is 0 Å². The van der Waals surface area contributed by atoms with Gasteiger partial charge >= 0.3 is 0 Å². The van der Waals surface area contributed by atoms with Crippen molar-refractivity contribution >= 4 is 15.8 Å². The van der Waals surface area contributed by atoms with E-state index in [2.05, 4.69) is 9.88 Å². The van der Waals surface area contributed by atoms with Crippen molar-refractivity contribution in [2.24, 2.45) is 11.8 Å². The van der Waals surface area contributed by atoms with Crippen LogP contribution in [0.4, 0.5) is 5.82 Å². The molecule has 0 amide bonds. The van der Waals surface area contributed by atoms with Crippen LogP contribution in [0.15, 0.2) is 39.8 Å². The normalized spacial score (nSPS) is 25.8. The summed E-state index contributed by atoms with van der Waals surface area (Å²) in [6, 6.07) is 8.07. The topological polar surface area (TPSA) is 81.4 Å². The van der Waals surface area contributed by atoms with Crippen LogP contribution in [-0.2, 0) is 10.0 Å². The first kappa shape index (κ1) is 15.5. The number of rotatable bonds is 5. The van der Waals surface area contributed by atoms with Crippen LogP contribution in [0.5, 0.6) is 5.75 Å². The molecule has 24 heavy (non-hydrogen) atoms. The number of hydrogen-bond donors (Lipinski definition) is 1. The lowest BCUT2D eigenvalue weighted by Gasteiger charge is -2.23. The molecule has 2 aliphatic carbocycles. The molecule has 6 nitrogen and oxygen atoms in total. The SMILES string of the molecule is Cc1cc(NS(=O)(=O)c2ccc(O[C@@H]3C[C@@H]4CCC3C4)cc2)no1. The van der Waals surface area contributed by atoms with Crippen LogP contribution in [0.1, 0.15) is 31.4 Å². The summed E-state index contributed by atoms with van der Waals surface area (Å²) in [5.74, 6) is 2.92. The fourth-order valence-electron chi connectivity index (χ4n) is 3.81. The van der Waals surface area contributed by atoms with Gasteiger partial charge in [-0.05, 0) is 68.7 Å². The molecule has 7 heteroatoms. The second-order valence-electron chi connectivity index (χ2n) is 6.73. The average Bonchev–Trinajstić information content (AvgIpc) is 3.25.